The van der Waals surface area contributed by atoms with Crippen LogP contribution in [0.4, 0.5) is 4.79 Å². The third kappa shape index (κ3) is 5.57. The summed E-state index contributed by atoms with van der Waals surface area (Å²) in [7, 11) is 1.64. The standard InChI is InChI=1S/C23H27BrN4O3/c1-31-18-9-2-14(3-10-18)12-21(22-26-19-11-4-15(24)13-20(19)27-22)28-23(30)25-16-5-7-17(29)8-6-16/h2-4,9-11,13,16-17,21,29H,5-8,12H2,1H3,(H,26,27)(H2,25,28,30). The molecule has 1 atom stereocenters. The average molecular weight is 487 g/mol. The maximum Gasteiger partial charge on any atom is 0.315 e. The van der Waals surface area contributed by atoms with Crippen LogP contribution in [0.1, 0.15) is 43.1 Å². The quantitative estimate of drug-likeness (QED) is 0.419. The number of fused-ring (bicyclic) bond motifs is 1. The molecule has 4 N–H and O–H groups in total. The van der Waals surface area contributed by atoms with E-state index < -0.39 is 0 Å². The molecule has 2 amide bonds. The Morgan fingerprint density at radius 2 is 1.97 bits per heavy atom. The van der Waals surface area contributed by atoms with Gasteiger partial charge < -0.3 is 25.5 Å². The van der Waals surface area contributed by atoms with Gasteiger partial charge in [0.15, 0.2) is 0 Å². The number of methoxy groups -OCH3 is 1. The molecule has 0 spiro atoms. The summed E-state index contributed by atoms with van der Waals surface area (Å²) in [5.41, 5.74) is 2.82. The molecule has 31 heavy (non-hydrogen) atoms. The third-order valence-electron chi connectivity index (χ3n) is 5.73. The van der Waals surface area contributed by atoms with Crippen LogP contribution in [0.2, 0.25) is 0 Å². The van der Waals surface area contributed by atoms with Crippen LogP contribution in [0.5, 0.6) is 5.75 Å². The molecule has 1 aliphatic rings. The Bertz CT molecular complexity index is 1030. The SMILES string of the molecule is COc1ccc(CC(NC(=O)NC2CCC(O)CC2)c2nc3ccc(Br)cc3[nH]2)cc1. The molecule has 0 bridgehead atoms. The molecule has 1 aromatic heterocycles. The topological polar surface area (TPSA) is 99.3 Å². The number of nitrogens with zero attached hydrogens (tertiary/aromatic N) is 1. The lowest BCUT2D eigenvalue weighted by molar-refractivity contribution is 0.117. The zero-order valence-corrected chi connectivity index (χ0v) is 19.0. The number of aromatic amines is 1. The number of hydrogen-bond donors (Lipinski definition) is 4. The first-order valence-corrected chi connectivity index (χ1v) is 11.3. The fraction of sp³-hybridized carbons (Fsp3) is 0.391. The highest BCUT2D eigenvalue weighted by Gasteiger charge is 2.24. The maximum absolute atomic E-state index is 12.8. The second kappa shape index (κ2) is 9.70. The number of aromatic nitrogens is 2. The molecule has 0 aliphatic heterocycles. The minimum absolute atomic E-state index is 0.0802. The predicted octanol–water partition coefficient (Wildman–Crippen LogP) is 4.22. The first-order valence-electron chi connectivity index (χ1n) is 10.5. The van der Waals surface area contributed by atoms with Crippen LogP contribution in [0, 0.1) is 0 Å². The van der Waals surface area contributed by atoms with Crippen LogP contribution in [-0.4, -0.2) is 40.4 Å². The third-order valence-corrected chi connectivity index (χ3v) is 6.22. The number of H-pyrrole nitrogens is 1. The molecule has 0 radical (unpaired) electrons. The van der Waals surface area contributed by atoms with E-state index in [-0.39, 0.29) is 24.2 Å². The Morgan fingerprint density at radius 1 is 1.23 bits per heavy atom. The number of carbonyl (C=O) groups is 1. The second-order valence-electron chi connectivity index (χ2n) is 8.01. The summed E-state index contributed by atoms with van der Waals surface area (Å²) in [4.78, 5) is 20.9. The number of amides is 2. The smallest absolute Gasteiger partial charge is 0.315 e. The number of aliphatic hydroxyl groups is 1. The lowest BCUT2D eigenvalue weighted by Crippen LogP contribution is -2.45. The van der Waals surface area contributed by atoms with Crippen molar-refractivity contribution in [1.82, 2.24) is 20.6 Å². The van der Waals surface area contributed by atoms with Crippen LogP contribution in [-0.2, 0) is 6.42 Å². The van der Waals surface area contributed by atoms with Gasteiger partial charge in [-0.15, -0.1) is 0 Å². The predicted molar refractivity (Wildman–Crippen MR) is 123 cm³/mol. The summed E-state index contributed by atoms with van der Waals surface area (Å²) in [6.07, 6.45) is 3.35. The van der Waals surface area contributed by atoms with Crippen molar-refractivity contribution in [2.24, 2.45) is 0 Å². The van der Waals surface area contributed by atoms with Gasteiger partial charge in [-0.25, -0.2) is 9.78 Å². The Labute approximate surface area is 189 Å². The zero-order chi connectivity index (χ0) is 21.8. The molecule has 8 heteroatoms. The van der Waals surface area contributed by atoms with Crippen molar-refractivity contribution in [3.8, 4) is 5.75 Å². The fourth-order valence-corrected chi connectivity index (χ4v) is 4.35. The summed E-state index contributed by atoms with van der Waals surface area (Å²) < 4.78 is 6.21. The average Bonchev–Trinajstić information content (AvgIpc) is 3.18. The number of urea groups is 1. The van der Waals surface area contributed by atoms with E-state index in [2.05, 4.69) is 31.5 Å². The molecule has 1 saturated carbocycles. The molecule has 164 valence electrons. The summed E-state index contributed by atoms with van der Waals surface area (Å²) in [5, 5.41) is 15.8. The van der Waals surface area contributed by atoms with E-state index >= 15 is 0 Å². The van der Waals surface area contributed by atoms with Gasteiger partial charge in [0.25, 0.3) is 0 Å². The van der Waals surface area contributed by atoms with Crippen molar-refractivity contribution in [2.75, 3.05) is 7.11 Å². The van der Waals surface area contributed by atoms with E-state index in [1.807, 2.05) is 42.5 Å². The van der Waals surface area contributed by atoms with Gasteiger partial charge in [0.1, 0.15) is 11.6 Å². The van der Waals surface area contributed by atoms with Crippen LogP contribution >= 0.6 is 15.9 Å². The molecule has 1 fully saturated rings. The summed E-state index contributed by atoms with van der Waals surface area (Å²) in [6, 6.07) is 13.2. The fourth-order valence-electron chi connectivity index (χ4n) is 3.99. The number of ether oxygens (including phenoxy) is 1. The summed E-state index contributed by atoms with van der Waals surface area (Å²) in [5.74, 6) is 1.50. The van der Waals surface area contributed by atoms with Crippen LogP contribution in [0.3, 0.4) is 0 Å². The van der Waals surface area contributed by atoms with Gasteiger partial charge in [0, 0.05) is 10.5 Å². The molecule has 0 saturated heterocycles. The van der Waals surface area contributed by atoms with E-state index in [4.69, 9.17) is 9.72 Å². The van der Waals surface area contributed by atoms with E-state index in [1.54, 1.807) is 7.11 Å². The Hall–Kier alpha value is -2.58. The summed E-state index contributed by atoms with van der Waals surface area (Å²) in [6.45, 7) is 0. The number of aliphatic hydroxyl groups excluding tert-OH is 1. The van der Waals surface area contributed by atoms with Gasteiger partial charge in [0.2, 0.25) is 0 Å². The highest BCUT2D eigenvalue weighted by atomic mass is 79.9. The summed E-state index contributed by atoms with van der Waals surface area (Å²) >= 11 is 3.49. The number of hydrogen-bond acceptors (Lipinski definition) is 4. The number of rotatable bonds is 6. The van der Waals surface area contributed by atoms with Crippen molar-refractivity contribution >= 4 is 33.0 Å². The first-order chi connectivity index (χ1) is 15.0. The molecular weight excluding hydrogens is 460 g/mol. The molecule has 1 heterocycles. The number of carbonyl (C=O) groups excluding carboxylic acids is 1. The van der Waals surface area contributed by atoms with Gasteiger partial charge in [0.05, 0.1) is 30.3 Å². The zero-order valence-electron chi connectivity index (χ0n) is 17.4. The van der Waals surface area contributed by atoms with E-state index in [9.17, 15) is 9.90 Å². The van der Waals surface area contributed by atoms with Crippen molar-refractivity contribution in [1.29, 1.82) is 0 Å². The van der Waals surface area contributed by atoms with E-state index in [1.165, 1.54) is 0 Å². The Kier molecular flexibility index (Phi) is 6.77. The lowest BCUT2D eigenvalue weighted by atomic mass is 9.93. The van der Waals surface area contributed by atoms with Gasteiger partial charge in [-0.2, -0.15) is 0 Å². The highest BCUT2D eigenvalue weighted by molar-refractivity contribution is 9.10. The van der Waals surface area contributed by atoms with Crippen molar-refractivity contribution < 1.29 is 14.6 Å². The number of benzene rings is 2. The van der Waals surface area contributed by atoms with Crippen LogP contribution in [0.15, 0.2) is 46.9 Å². The normalized spacial score (nSPS) is 19.7. The monoisotopic (exact) mass is 486 g/mol. The van der Waals surface area contributed by atoms with Crippen LogP contribution in [0.25, 0.3) is 11.0 Å². The largest absolute Gasteiger partial charge is 0.497 e. The lowest BCUT2D eigenvalue weighted by Gasteiger charge is -2.27. The molecule has 4 rings (SSSR count). The first kappa shape index (κ1) is 21.6. The van der Waals surface area contributed by atoms with Gasteiger partial charge in [-0.05, 0) is 68.0 Å². The number of nitrogens with one attached hydrogen (secondary N) is 3. The number of halogens is 1. The second-order valence-corrected chi connectivity index (χ2v) is 8.93. The van der Waals surface area contributed by atoms with Crippen molar-refractivity contribution in [2.45, 2.75) is 50.3 Å². The number of imidazole rings is 1. The van der Waals surface area contributed by atoms with Crippen molar-refractivity contribution in [3.05, 3.63) is 58.3 Å². The van der Waals surface area contributed by atoms with Crippen molar-refractivity contribution in [3.63, 3.8) is 0 Å². The van der Waals surface area contributed by atoms with Gasteiger partial charge >= 0.3 is 6.03 Å². The van der Waals surface area contributed by atoms with E-state index in [0.717, 1.165) is 52.5 Å². The maximum atomic E-state index is 12.8. The Balaban J connectivity index is 1.52. The van der Waals surface area contributed by atoms with Gasteiger partial charge in [-0.3, -0.25) is 0 Å². The minimum atomic E-state index is -0.325. The molecule has 7 nitrogen and oxygen atoms in total. The molecule has 3 aromatic rings. The highest BCUT2D eigenvalue weighted by Crippen LogP contribution is 2.24. The van der Waals surface area contributed by atoms with Crippen LogP contribution < -0.4 is 15.4 Å². The molecule has 2 aromatic carbocycles. The Morgan fingerprint density at radius 3 is 2.68 bits per heavy atom. The molecule has 1 unspecified atom stereocenters. The molecular formula is C23H27BrN4O3. The minimum Gasteiger partial charge on any atom is -0.497 e. The van der Waals surface area contributed by atoms with Gasteiger partial charge in [-0.1, -0.05) is 28.1 Å². The van der Waals surface area contributed by atoms with E-state index in [0.29, 0.717) is 12.2 Å². The molecule has 1 aliphatic carbocycles.